The lowest BCUT2D eigenvalue weighted by molar-refractivity contribution is -0.122. The zero-order valence-electron chi connectivity index (χ0n) is 23.4. The van der Waals surface area contributed by atoms with E-state index in [1.54, 1.807) is 54.6 Å². The van der Waals surface area contributed by atoms with E-state index in [4.69, 9.17) is 9.72 Å². The van der Waals surface area contributed by atoms with Crippen molar-refractivity contribution in [3.8, 4) is 11.3 Å². The number of amides is 2. The Morgan fingerprint density at radius 2 is 1.57 bits per heavy atom. The fourth-order valence-electron chi connectivity index (χ4n) is 5.85. The number of anilines is 1. The molecule has 210 valence electrons. The summed E-state index contributed by atoms with van der Waals surface area (Å²) in [6.45, 7) is 3.73. The number of carbonyl (C=O) groups excluding carboxylic acids is 4. The van der Waals surface area contributed by atoms with E-state index >= 15 is 0 Å². The van der Waals surface area contributed by atoms with Gasteiger partial charge in [0.2, 0.25) is 17.6 Å². The molecule has 7 heteroatoms. The molecule has 1 fully saturated rings. The second-order valence-electron chi connectivity index (χ2n) is 10.8. The molecule has 2 aliphatic rings. The van der Waals surface area contributed by atoms with E-state index in [1.165, 1.54) is 4.90 Å². The number of para-hydroxylation sites is 1. The van der Waals surface area contributed by atoms with Crippen molar-refractivity contribution >= 4 is 40.2 Å². The van der Waals surface area contributed by atoms with E-state index in [9.17, 15) is 19.2 Å². The second kappa shape index (κ2) is 11.2. The number of fused-ring (bicyclic) bond motifs is 2. The van der Waals surface area contributed by atoms with Crippen LogP contribution in [0.15, 0.2) is 91.0 Å². The number of aromatic nitrogens is 1. The topological polar surface area (TPSA) is 93.6 Å². The van der Waals surface area contributed by atoms with Gasteiger partial charge in [0.25, 0.3) is 0 Å². The monoisotopic (exact) mass is 558 g/mol. The van der Waals surface area contributed by atoms with Gasteiger partial charge >= 0.3 is 5.97 Å². The third-order valence-corrected chi connectivity index (χ3v) is 8.16. The molecule has 3 unspecified atom stereocenters. The SMILES string of the molecule is CCC(OC(=O)c1cc(-c2ccc(N3C(=O)C4CC=CCC4C3=O)cc2)nc2c(C)cccc12)C(=O)c1ccccc1. The first-order valence-electron chi connectivity index (χ1n) is 14.2. The Morgan fingerprint density at radius 1 is 0.905 bits per heavy atom. The summed E-state index contributed by atoms with van der Waals surface area (Å²) >= 11 is 0. The van der Waals surface area contributed by atoms with Crippen molar-refractivity contribution in [2.24, 2.45) is 11.8 Å². The van der Waals surface area contributed by atoms with Crippen molar-refractivity contribution in [3.05, 3.63) is 108 Å². The highest BCUT2D eigenvalue weighted by Crippen LogP contribution is 2.38. The molecule has 0 bridgehead atoms. The Labute approximate surface area is 243 Å². The number of allylic oxidation sites excluding steroid dienone is 2. The molecular weight excluding hydrogens is 528 g/mol. The maximum Gasteiger partial charge on any atom is 0.339 e. The summed E-state index contributed by atoms with van der Waals surface area (Å²) in [5.41, 5.74) is 4.09. The van der Waals surface area contributed by atoms with Crippen molar-refractivity contribution in [2.75, 3.05) is 4.90 Å². The highest BCUT2D eigenvalue weighted by Gasteiger charge is 2.47. The van der Waals surface area contributed by atoms with E-state index in [2.05, 4.69) is 0 Å². The van der Waals surface area contributed by atoms with Gasteiger partial charge < -0.3 is 4.74 Å². The van der Waals surface area contributed by atoms with E-state index in [-0.39, 0.29) is 29.4 Å². The first kappa shape index (κ1) is 27.3. The molecule has 3 atom stereocenters. The van der Waals surface area contributed by atoms with Crippen LogP contribution in [0.3, 0.4) is 0 Å². The van der Waals surface area contributed by atoms with E-state index in [1.807, 2.05) is 50.3 Å². The number of ketones is 1. The predicted molar refractivity (Wildman–Crippen MR) is 160 cm³/mol. The van der Waals surface area contributed by atoms with Crippen molar-refractivity contribution in [1.29, 1.82) is 0 Å². The van der Waals surface area contributed by atoms with Crippen LogP contribution in [-0.2, 0) is 14.3 Å². The van der Waals surface area contributed by atoms with E-state index < -0.39 is 12.1 Å². The Kier molecular flexibility index (Phi) is 7.25. The second-order valence-corrected chi connectivity index (χ2v) is 10.8. The Hall–Kier alpha value is -4.91. The average Bonchev–Trinajstić information content (AvgIpc) is 3.29. The number of hydrogen-bond acceptors (Lipinski definition) is 6. The number of aryl methyl sites for hydroxylation is 1. The van der Waals surface area contributed by atoms with Gasteiger partial charge in [-0.1, -0.05) is 79.7 Å². The summed E-state index contributed by atoms with van der Waals surface area (Å²) in [4.78, 5) is 58.9. The number of imide groups is 1. The number of esters is 1. The minimum atomic E-state index is -0.926. The van der Waals surface area contributed by atoms with Gasteiger partial charge in [0, 0.05) is 16.5 Å². The van der Waals surface area contributed by atoms with Crippen molar-refractivity contribution in [2.45, 2.75) is 39.2 Å². The van der Waals surface area contributed by atoms with Crippen molar-refractivity contribution < 1.29 is 23.9 Å². The number of Topliss-reactive ketones (excluding diaryl/α,β-unsaturated/α-hetero) is 1. The lowest BCUT2D eigenvalue weighted by Gasteiger charge is -2.17. The standard InChI is InChI=1S/C35H30N2O5/c1-3-30(32(38)23-11-5-4-6-12-23)42-35(41)28-20-29(36-31-21(2)10-9-15-25(28)31)22-16-18-24(19-17-22)37-33(39)26-13-7-8-14-27(26)34(37)40/h4-12,15-20,26-27,30H,3,13-14H2,1-2H3. The highest BCUT2D eigenvalue weighted by atomic mass is 16.5. The third-order valence-electron chi connectivity index (χ3n) is 8.16. The van der Waals surface area contributed by atoms with Gasteiger partial charge in [0.05, 0.1) is 34.3 Å². The molecule has 2 amide bonds. The molecule has 1 saturated heterocycles. The third kappa shape index (κ3) is 4.81. The van der Waals surface area contributed by atoms with Crippen molar-refractivity contribution in [1.82, 2.24) is 4.98 Å². The number of carbonyl (C=O) groups is 4. The quantitative estimate of drug-likeness (QED) is 0.111. The number of nitrogens with zero attached hydrogens (tertiary/aromatic N) is 2. The molecule has 42 heavy (non-hydrogen) atoms. The molecule has 0 N–H and O–H groups in total. The molecule has 0 radical (unpaired) electrons. The molecule has 0 saturated carbocycles. The summed E-state index contributed by atoms with van der Waals surface area (Å²) < 4.78 is 5.79. The molecule has 0 spiro atoms. The summed E-state index contributed by atoms with van der Waals surface area (Å²) in [5, 5.41) is 0.631. The molecule has 7 nitrogen and oxygen atoms in total. The van der Waals surface area contributed by atoms with Crippen LogP contribution < -0.4 is 4.90 Å². The molecule has 1 aliphatic carbocycles. The summed E-state index contributed by atoms with van der Waals surface area (Å²) in [7, 11) is 0. The number of rotatable bonds is 7. The van der Waals surface area contributed by atoms with Gasteiger partial charge in [-0.05, 0) is 49.9 Å². The molecule has 2 heterocycles. The number of hydrogen-bond donors (Lipinski definition) is 0. The van der Waals surface area contributed by atoms with Crippen LogP contribution in [0.4, 0.5) is 5.69 Å². The van der Waals surface area contributed by atoms with Crippen molar-refractivity contribution in [3.63, 3.8) is 0 Å². The molecule has 6 rings (SSSR count). The summed E-state index contributed by atoms with van der Waals surface area (Å²) in [5.74, 6) is -1.79. The fraction of sp³-hybridized carbons (Fsp3) is 0.229. The van der Waals surface area contributed by atoms with Crippen LogP contribution in [0.2, 0.25) is 0 Å². The van der Waals surface area contributed by atoms with Crippen LogP contribution in [-0.4, -0.2) is 34.7 Å². The van der Waals surface area contributed by atoms with Crippen LogP contribution in [0, 0.1) is 18.8 Å². The maximum atomic E-state index is 13.6. The predicted octanol–water partition coefficient (Wildman–Crippen LogP) is 6.48. The fourth-order valence-corrected chi connectivity index (χ4v) is 5.85. The first-order valence-corrected chi connectivity index (χ1v) is 14.2. The number of benzene rings is 3. The highest BCUT2D eigenvalue weighted by molar-refractivity contribution is 6.22. The van der Waals surface area contributed by atoms with Crippen LogP contribution >= 0.6 is 0 Å². The maximum absolute atomic E-state index is 13.6. The van der Waals surface area contributed by atoms with Gasteiger partial charge in [-0.3, -0.25) is 19.3 Å². The van der Waals surface area contributed by atoms with Gasteiger partial charge in [-0.2, -0.15) is 0 Å². The summed E-state index contributed by atoms with van der Waals surface area (Å²) in [6.07, 6.45) is 4.51. The van der Waals surface area contributed by atoms with Gasteiger partial charge in [0.1, 0.15) is 0 Å². The van der Waals surface area contributed by atoms with Gasteiger partial charge in [0.15, 0.2) is 6.10 Å². The Bertz CT molecular complexity index is 1720. The minimum Gasteiger partial charge on any atom is -0.450 e. The normalized spacial score (nSPS) is 18.7. The molecular formula is C35H30N2O5. The number of ether oxygens (including phenoxy) is 1. The smallest absolute Gasteiger partial charge is 0.339 e. The Morgan fingerprint density at radius 3 is 2.21 bits per heavy atom. The zero-order valence-corrected chi connectivity index (χ0v) is 23.4. The van der Waals surface area contributed by atoms with Crippen LogP contribution in [0.5, 0.6) is 0 Å². The van der Waals surface area contributed by atoms with Crippen LogP contribution in [0.25, 0.3) is 22.2 Å². The van der Waals surface area contributed by atoms with E-state index in [0.717, 1.165) is 5.56 Å². The Balaban J connectivity index is 1.32. The van der Waals surface area contributed by atoms with Gasteiger partial charge in [-0.25, -0.2) is 9.78 Å². The molecule has 1 aromatic heterocycles. The average molecular weight is 559 g/mol. The molecule has 3 aromatic carbocycles. The minimum absolute atomic E-state index is 0.165. The van der Waals surface area contributed by atoms with E-state index in [0.29, 0.717) is 58.2 Å². The summed E-state index contributed by atoms with van der Waals surface area (Å²) in [6, 6.07) is 23.1. The lowest BCUT2D eigenvalue weighted by atomic mass is 9.85. The molecule has 1 aliphatic heterocycles. The number of pyridine rings is 1. The van der Waals surface area contributed by atoms with Gasteiger partial charge in [-0.15, -0.1) is 0 Å². The zero-order chi connectivity index (χ0) is 29.4. The van der Waals surface area contributed by atoms with Crippen LogP contribution in [0.1, 0.15) is 52.5 Å². The molecule has 4 aromatic rings. The lowest BCUT2D eigenvalue weighted by Crippen LogP contribution is -2.30. The first-order chi connectivity index (χ1) is 20.4. The largest absolute Gasteiger partial charge is 0.450 e.